The second-order valence-electron chi connectivity index (χ2n) is 3.65. The van der Waals surface area contributed by atoms with E-state index < -0.39 is 18.2 Å². The maximum Gasteiger partial charge on any atom is 0.128 e. The van der Waals surface area contributed by atoms with Crippen LogP contribution < -0.4 is 0 Å². The van der Waals surface area contributed by atoms with Crippen LogP contribution in [-0.2, 0) is 9.53 Å². The first-order valence-corrected chi connectivity index (χ1v) is 4.50. The molecular weight excluding hydrogens is 175 g/mol. The molecule has 76 valence electrons. The van der Waals surface area contributed by atoms with Crippen LogP contribution in [0.1, 0.15) is 19.3 Å². The molecule has 2 atom stereocenters. The van der Waals surface area contributed by atoms with Crippen molar-refractivity contribution in [3.63, 3.8) is 0 Å². The molecule has 3 nitrogen and oxygen atoms in total. The monoisotopic (exact) mass is 190 g/mol. The summed E-state index contributed by atoms with van der Waals surface area (Å²) < 4.78 is 17.2. The molecule has 0 aromatic rings. The van der Waals surface area contributed by atoms with Gasteiger partial charge < -0.3 is 14.6 Å². The maximum absolute atomic E-state index is 12.0. The van der Waals surface area contributed by atoms with E-state index in [9.17, 15) is 9.18 Å². The summed E-state index contributed by atoms with van der Waals surface area (Å²) in [6, 6.07) is 0. The number of hydrogen-bond acceptors (Lipinski definition) is 3. The fourth-order valence-electron chi connectivity index (χ4n) is 1.70. The predicted molar refractivity (Wildman–Crippen MR) is 45.1 cm³/mol. The molecule has 1 saturated heterocycles. The molecule has 1 aliphatic rings. The summed E-state index contributed by atoms with van der Waals surface area (Å²) in [4.78, 5) is 10.8. The van der Waals surface area contributed by atoms with Crippen LogP contribution in [-0.4, -0.2) is 37.4 Å². The average Bonchev–Trinajstić information content (AvgIpc) is 2.19. The van der Waals surface area contributed by atoms with E-state index in [0.29, 0.717) is 19.6 Å². The number of aldehydes is 1. The SMILES string of the molecule is O=CC1(CC(O)CF)CCCOC1. The molecule has 4 heteroatoms. The summed E-state index contributed by atoms with van der Waals surface area (Å²) in [5, 5.41) is 9.12. The molecule has 1 aliphatic heterocycles. The topological polar surface area (TPSA) is 46.5 Å². The number of ether oxygens (including phenoxy) is 1. The van der Waals surface area contributed by atoms with Crippen molar-refractivity contribution in [1.29, 1.82) is 0 Å². The highest BCUT2D eigenvalue weighted by molar-refractivity contribution is 5.59. The minimum absolute atomic E-state index is 0.174. The molecule has 1 heterocycles. The third-order valence-electron chi connectivity index (χ3n) is 2.42. The van der Waals surface area contributed by atoms with E-state index in [2.05, 4.69) is 0 Å². The normalized spacial score (nSPS) is 31.2. The van der Waals surface area contributed by atoms with E-state index in [4.69, 9.17) is 9.84 Å². The Bertz CT molecular complexity index is 166. The molecule has 13 heavy (non-hydrogen) atoms. The van der Waals surface area contributed by atoms with Gasteiger partial charge in [0.1, 0.15) is 13.0 Å². The number of alkyl halides is 1. The van der Waals surface area contributed by atoms with Crippen molar-refractivity contribution in [2.75, 3.05) is 19.9 Å². The minimum Gasteiger partial charge on any atom is -0.390 e. The highest BCUT2D eigenvalue weighted by atomic mass is 19.1. The standard InChI is InChI=1S/C9H15FO3/c10-5-8(12)4-9(6-11)2-1-3-13-7-9/h6,8,12H,1-5,7H2. The van der Waals surface area contributed by atoms with Gasteiger partial charge in [-0.15, -0.1) is 0 Å². The van der Waals surface area contributed by atoms with Crippen LogP contribution in [0.15, 0.2) is 0 Å². The highest BCUT2D eigenvalue weighted by Crippen LogP contribution is 2.31. The Kier molecular flexibility index (Phi) is 3.81. The second kappa shape index (κ2) is 4.67. The molecule has 0 saturated carbocycles. The molecule has 0 radical (unpaired) electrons. The van der Waals surface area contributed by atoms with Gasteiger partial charge in [0.05, 0.1) is 18.1 Å². The van der Waals surface area contributed by atoms with Gasteiger partial charge in [0.15, 0.2) is 0 Å². The van der Waals surface area contributed by atoms with Gasteiger partial charge in [-0.3, -0.25) is 0 Å². The molecule has 0 amide bonds. The zero-order valence-corrected chi connectivity index (χ0v) is 7.54. The molecular formula is C9H15FO3. The minimum atomic E-state index is -1.04. The van der Waals surface area contributed by atoms with Crippen LogP contribution in [0.5, 0.6) is 0 Å². The number of aliphatic hydroxyl groups is 1. The number of rotatable bonds is 4. The van der Waals surface area contributed by atoms with E-state index in [1.807, 2.05) is 0 Å². The van der Waals surface area contributed by atoms with Gasteiger partial charge in [-0.25, -0.2) is 4.39 Å². The molecule has 0 bridgehead atoms. The number of carbonyl (C=O) groups is 1. The van der Waals surface area contributed by atoms with Crippen LogP contribution in [0.25, 0.3) is 0 Å². The zero-order chi connectivity index (χ0) is 9.73. The van der Waals surface area contributed by atoms with Gasteiger partial charge >= 0.3 is 0 Å². The summed E-state index contributed by atoms with van der Waals surface area (Å²) in [6.45, 7) is 0.171. The molecule has 1 N–H and O–H groups in total. The van der Waals surface area contributed by atoms with Crippen molar-refractivity contribution in [2.24, 2.45) is 5.41 Å². The number of hydrogen-bond donors (Lipinski definition) is 1. The Hall–Kier alpha value is -0.480. The summed E-state index contributed by atoms with van der Waals surface area (Å²) in [5.74, 6) is 0. The zero-order valence-electron chi connectivity index (χ0n) is 7.54. The van der Waals surface area contributed by atoms with Gasteiger partial charge in [0, 0.05) is 6.61 Å². The summed E-state index contributed by atoms with van der Waals surface area (Å²) in [7, 11) is 0. The number of aliphatic hydroxyl groups excluding tert-OH is 1. The van der Waals surface area contributed by atoms with E-state index in [1.54, 1.807) is 0 Å². The van der Waals surface area contributed by atoms with Crippen molar-refractivity contribution in [3.8, 4) is 0 Å². The fraction of sp³-hybridized carbons (Fsp3) is 0.889. The first kappa shape index (κ1) is 10.6. The van der Waals surface area contributed by atoms with Crippen molar-refractivity contribution in [2.45, 2.75) is 25.4 Å². The van der Waals surface area contributed by atoms with Gasteiger partial charge in [0.25, 0.3) is 0 Å². The second-order valence-corrected chi connectivity index (χ2v) is 3.65. The lowest BCUT2D eigenvalue weighted by Crippen LogP contribution is -2.37. The van der Waals surface area contributed by atoms with Crippen molar-refractivity contribution < 1.29 is 19.0 Å². The first-order valence-electron chi connectivity index (χ1n) is 4.50. The predicted octanol–water partition coefficient (Wildman–Crippen LogP) is 0.703. The van der Waals surface area contributed by atoms with E-state index in [1.165, 1.54) is 0 Å². The van der Waals surface area contributed by atoms with Crippen molar-refractivity contribution in [3.05, 3.63) is 0 Å². The summed E-state index contributed by atoms with van der Waals surface area (Å²) in [5.41, 5.74) is -0.649. The third kappa shape index (κ3) is 2.74. The van der Waals surface area contributed by atoms with Crippen molar-refractivity contribution in [1.82, 2.24) is 0 Å². The van der Waals surface area contributed by atoms with Crippen LogP contribution in [0.2, 0.25) is 0 Å². The largest absolute Gasteiger partial charge is 0.390 e. The molecule has 0 aromatic heterocycles. The highest BCUT2D eigenvalue weighted by Gasteiger charge is 2.34. The quantitative estimate of drug-likeness (QED) is 0.664. The Morgan fingerprint density at radius 3 is 2.92 bits per heavy atom. The first-order chi connectivity index (χ1) is 6.22. The Balaban J connectivity index is 2.52. The summed E-state index contributed by atoms with van der Waals surface area (Å²) in [6.07, 6.45) is 1.43. The maximum atomic E-state index is 12.0. The van der Waals surface area contributed by atoms with E-state index in [0.717, 1.165) is 12.7 Å². The molecule has 1 rings (SSSR count). The van der Waals surface area contributed by atoms with E-state index in [-0.39, 0.29) is 6.42 Å². The third-order valence-corrected chi connectivity index (χ3v) is 2.42. The number of halogens is 1. The molecule has 0 spiro atoms. The molecule has 0 aliphatic carbocycles. The van der Waals surface area contributed by atoms with Crippen LogP contribution in [0.3, 0.4) is 0 Å². The van der Waals surface area contributed by atoms with Gasteiger partial charge in [0.2, 0.25) is 0 Å². The molecule has 1 fully saturated rings. The average molecular weight is 190 g/mol. The lowest BCUT2D eigenvalue weighted by atomic mass is 9.79. The van der Waals surface area contributed by atoms with Gasteiger partial charge in [-0.05, 0) is 19.3 Å². The lowest BCUT2D eigenvalue weighted by molar-refractivity contribution is -0.127. The smallest absolute Gasteiger partial charge is 0.128 e. The molecule has 2 unspecified atom stereocenters. The lowest BCUT2D eigenvalue weighted by Gasteiger charge is -2.32. The fourth-order valence-corrected chi connectivity index (χ4v) is 1.70. The van der Waals surface area contributed by atoms with Gasteiger partial charge in [-0.1, -0.05) is 0 Å². The van der Waals surface area contributed by atoms with Crippen molar-refractivity contribution >= 4 is 6.29 Å². The van der Waals surface area contributed by atoms with Gasteiger partial charge in [-0.2, -0.15) is 0 Å². The van der Waals surface area contributed by atoms with E-state index >= 15 is 0 Å². The van der Waals surface area contributed by atoms with Crippen LogP contribution >= 0.6 is 0 Å². The van der Waals surface area contributed by atoms with Crippen LogP contribution in [0, 0.1) is 5.41 Å². The Morgan fingerprint density at radius 1 is 1.69 bits per heavy atom. The molecule has 0 aromatic carbocycles. The summed E-state index contributed by atoms with van der Waals surface area (Å²) >= 11 is 0. The Labute approximate surface area is 76.9 Å². The van der Waals surface area contributed by atoms with Crippen LogP contribution in [0.4, 0.5) is 4.39 Å². The Morgan fingerprint density at radius 2 is 2.46 bits per heavy atom. The number of carbonyl (C=O) groups excluding carboxylic acids is 1.